The second-order valence-corrected chi connectivity index (χ2v) is 5.97. The van der Waals surface area contributed by atoms with E-state index in [1.807, 2.05) is 45.0 Å². The van der Waals surface area contributed by atoms with Crippen LogP contribution in [0.15, 0.2) is 24.3 Å². The van der Waals surface area contributed by atoms with Crippen LogP contribution in [0.1, 0.15) is 41.5 Å². The van der Waals surface area contributed by atoms with Crippen LogP contribution in [0.3, 0.4) is 0 Å². The van der Waals surface area contributed by atoms with Gasteiger partial charge in [0.2, 0.25) is 5.91 Å². The zero-order valence-electron chi connectivity index (χ0n) is 13.8. The minimum atomic E-state index is -0.286. The summed E-state index contributed by atoms with van der Waals surface area (Å²) < 4.78 is 5.47. The highest BCUT2D eigenvalue weighted by atomic mass is 35.5. The van der Waals surface area contributed by atoms with E-state index >= 15 is 0 Å². The quantitative estimate of drug-likeness (QED) is 0.851. The van der Waals surface area contributed by atoms with Gasteiger partial charge in [-0.15, -0.1) is 0 Å². The van der Waals surface area contributed by atoms with Crippen molar-refractivity contribution in [2.45, 2.75) is 32.8 Å². The molecule has 0 aliphatic carbocycles. The zero-order valence-corrected chi connectivity index (χ0v) is 14.6. The number of aromatic nitrogens is 2. The van der Waals surface area contributed by atoms with Crippen molar-refractivity contribution in [1.82, 2.24) is 15.5 Å². The molecular weight excluding hydrogens is 314 g/mol. The van der Waals surface area contributed by atoms with E-state index in [2.05, 4.69) is 15.5 Å². The molecule has 0 fully saturated rings. The molecule has 2 N–H and O–H groups in total. The molecule has 0 aliphatic heterocycles. The third-order valence-electron chi connectivity index (χ3n) is 4.01. The summed E-state index contributed by atoms with van der Waals surface area (Å²) in [5.74, 6) is -0.343. The summed E-state index contributed by atoms with van der Waals surface area (Å²) in [7, 11) is 1.61. The van der Waals surface area contributed by atoms with E-state index in [4.69, 9.17) is 16.3 Å². The number of rotatable bonds is 6. The normalized spacial score (nSPS) is 13.6. The minimum Gasteiger partial charge on any atom is -0.375 e. The number of methoxy groups -OCH3 is 1. The lowest BCUT2D eigenvalue weighted by Crippen LogP contribution is -2.32. The number of aromatic amines is 1. The smallest absolute Gasteiger partial charge is 0.227 e. The second kappa shape index (κ2) is 7.62. The van der Waals surface area contributed by atoms with Gasteiger partial charge in [0.1, 0.15) is 6.10 Å². The Morgan fingerprint density at radius 3 is 2.65 bits per heavy atom. The highest BCUT2D eigenvalue weighted by Crippen LogP contribution is 2.25. The summed E-state index contributed by atoms with van der Waals surface area (Å²) in [6, 6.07) is 7.47. The van der Waals surface area contributed by atoms with Crippen molar-refractivity contribution in [3.05, 3.63) is 51.8 Å². The van der Waals surface area contributed by atoms with Crippen LogP contribution in [0.4, 0.5) is 0 Å². The van der Waals surface area contributed by atoms with Gasteiger partial charge in [0.25, 0.3) is 0 Å². The van der Waals surface area contributed by atoms with Crippen molar-refractivity contribution >= 4 is 17.5 Å². The summed E-state index contributed by atoms with van der Waals surface area (Å²) in [5, 5.41) is 10.6. The number of carbonyl (C=O) groups excluding carboxylic acids is 1. The molecule has 124 valence electrons. The molecule has 0 bridgehead atoms. The highest BCUT2D eigenvalue weighted by molar-refractivity contribution is 6.31. The van der Waals surface area contributed by atoms with Crippen LogP contribution in [0.2, 0.25) is 5.02 Å². The molecule has 0 radical (unpaired) electrons. The number of benzene rings is 1. The van der Waals surface area contributed by atoms with E-state index in [0.29, 0.717) is 11.6 Å². The van der Waals surface area contributed by atoms with Gasteiger partial charge < -0.3 is 10.1 Å². The Morgan fingerprint density at radius 1 is 1.39 bits per heavy atom. The number of nitrogens with zero attached hydrogens (tertiary/aromatic N) is 1. The lowest BCUT2D eigenvalue weighted by atomic mass is 9.98. The topological polar surface area (TPSA) is 67.0 Å². The number of aryl methyl sites for hydroxylation is 2. The van der Waals surface area contributed by atoms with Gasteiger partial charge in [-0.05, 0) is 26.8 Å². The van der Waals surface area contributed by atoms with Gasteiger partial charge in [0, 0.05) is 35.5 Å². The summed E-state index contributed by atoms with van der Waals surface area (Å²) in [6.07, 6.45) is -0.286. The van der Waals surface area contributed by atoms with E-state index < -0.39 is 0 Å². The molecular formula is C17H22ClN3O2. The summed E-state index contributed by atoms with van der Waals surface area (Å²) in [6.45, 7) is 6.04. The average Bonchev–Trinajstić information content (AvgIpc) is 2.87. The Bertz CT molecular complexity index is 665. The average molecular weight is 336 g/mol. The fourth-order valence-electron chi connectivity index (χ4n) is 2.73. The molecule has 5 nitrogen and oxygen atoms in total. The van der Waals surface area contributed by atoms with E-state index in [9.17, 15) is 4.79 Å². The molecule has 0 unspecified atom stereocenters. The Balaban J connectivity index is 2.04. The van der Waals surface area contributed by atoms with Crippen LogP contribution in [0.25, 0.3) is 0 Å². The Morgan fingerprint density at radius 2 is 2.09 bits per heavy atom. The van der Waals surface area contributed by atoms with Gasteiger partial charge in [-0.1, -0.05) is 29.8 Å². The highest BCUT2D eigenvalue weighted by Gasteiger charge is 2.22. The molecule has 2 atom stereocenters. The SMILES string of the molecule is CO[C@@H](CNC(=O)[C@H](C)c1c(C)n[nH]c1C)c1ccccc1Cl. The van der Waals surface area contributed by atoms with Crippen LogP contribution in [0.5, 0.6) is 0 Å². The van der Waals surface area contributed by atoms with Gasteiger partial charge in [-0.3, -0.25) is 9.89 Å². The molecule has 0 aliphatic rings. The maximum atomic E-state index is 12.4. The first kappa shape index (κ1) is 17.5. The number of hydrogen-bond donors (Lipinski definition) is 2. The van der Waals surface area contributed by atoms with Crippen LogP contribution in [-0.4, -0.2) is 29.8 Å². The number of ether oxygens (including phenoxy) is 1. The molecule has 1 heterocycles. The first-order chi connectivity index (χ1) is 11.0. The van der Waals surface area contributed by atoms with Crippen LogP contribution in [-0.2, 0) is 9.53 Å². The van der Waals surface area contributed by atoms with Gasteiger partial charge in [0.15, 0.2) is 0 Å². The predicted octanol–water partition coefficient (Wildman–Crippen LogP) is 3.29. The van der Waals surface area contributed by atoms with Crippen molar-refractivity contribution in [3.63, 3.8) is 0 Å². The van der Waals surface area contributed by atoms with Gasteiger partial charge in [-0.25, -0.2) is 0 Å². The number of nitrogens with one attached hydrogen (secondary N) is 2. The molecule has 2 rings (SSSR count). The molecule has 2 aromatic rings. The predicted molar refractivity (Wildman–Crippen MR) is 90.7 cm³/mol. The van der Waals surface area contributed by atoms with Gasteiger partial charge in [-0.2, -0.15) is 5.10 Å². The lowest BCUT2D eigenvalue weighted by Gasteiger charge is -2.19. The molecule has 23 heavy (non-hydrogen) atoms. The van der Waals surface area contributed by atoms with E-state index in [1.165, 1.54) is 0 Å². The third kappa shape index (κ3) is 3.92. The van der Waals surface area contributed by atoms with Crippen LogP contribution < -0.4 is 5.32 Å². The fourth-order valence-corrected chi connectivity index (χ4v) is 2.99. The number of amides is 1. The first-order valence-corrected chi connectivity index (χ1v) is 7.89. The fraction of sp³-hybridized carbons (Fsp3) is 0.412. The maximum Gasteiger partial charge on any atom is 0.227 e. The summed E-state index contributed by atoms with van der Waals surface area (Å²) in [4.78, 5) is 12.4. The monoisotopic (exact) mass is 335 g/mol. The second-order valence-electron chi connectivity index (χ2n) is 5.56. The third-order valence-corrected chi connectivity index (χ3v) is 4.35. The van der Waals surface area contributed by atoms with Gasteiger partial charge in [0.05, 0.1) is 11.6 Å². The summed E-state index contributed by atoms with van der Waals surface area (Å²) in [5.41, 5.74) is 3.56. The lowest BCUT2D eigenvalue weighted by molar-refractivity contribution is -0.122. The Kier molecular flexibility index (Phi) is 5.80. The first-order valence-electron chi connectivity index (χ1n) is 7.52. The minimum absolute atomic E-state index is 0.0632. The van der Waals surface area contributed by atoms with E-state index in [0.717, 1.165) is 22.5 Å². The standard InChI is InChI=1S/C17H22ClN3O2/c1-10(16-11(2)20-21-12(16)3)17(22)19-9-15(23-4)13-7-5-6-8-14(13)18/h5-8,10,15H,9H2,1-4H3,(H,19,22)(H,20,21)/t10-,15+/m1/s1. The molecule has 6 heteroatoms. The van der Waals surface area contributed by atoms with E-state index in [1.54, 1.807) is 7.11 Å². The number of halogens is 1. The summed E-state index contributed by atoms with van der Waals surface area (Å²) >= 11 is 6.19. The molecule has 1 aromatic heterocycles. The number of H-pyrrole nitrogens is 1. The molecule has 0 saturated heterocycles. The van der Waals surface area contributed by atoms with Crippen molar-refractivity contribution in [2.24, 2.45) is 0 Å². The zero-order chi connectivity index (χ0) is 17.0. The molecule has 0 saturated carbocycles. The van der Waals surface area contributed by atoms with Crippen LogP contribution in [0, 0.1) is 13.8 Å². The van der Waals surface area contributed by atoms with Gasteiger partial charge >= 0.3 is 0 Å². The van der Waals surface area contributed by atoms with Crippen LogP contribution >= 0.6 is 11.6 Å². The number of hydrogen-bond acceptors (Lipinski definition) is 3. The van der Waals surface area contributed by atoms with Crippen molar-refractivity contribution in [3.8, 4) is 0 Å². The Hall–Kier alpha value is -1.85. The molecule has 1 amide bonds. The Labute approximate surface area is 141 Å². The maximum absolute atomic E-state index is 12.4. The molecule has 1 aromatic carbocycles. The number of carbonyl (C=O) groups is 1. The largest absolute Gasteiger partial charge is 0.375 e. The van der Waals surface area contributed by atoms with Crippen molar-refractivity contribution in [2.75, 3.05) is 13.7 Å². The van der Waals surface area contributed by atoms with E-state index in [-0.39, 0.29) is 17.9 Å². The molecule has 0 spiro atoms. The van der Waals surface area contributed by atoms with Crippen molar-refractivity contribution < 1.29 is 9.53 Å². The van der Waals surface area contributed by atoms with Crippen molar-refractivity contribution in [1.29, 1.82) is 0 Å².